The zero-order chi connectivity index (χ0) is 28.2. The van der Waals surface area contributed by atoms with E-state index in [4.69, 9.17) is 9.47 Å². The molecule has 3 aromatic rings. The second kappa shape index (κ2) is 11.8. The Morgan fingerprint density at radius 1 is 1.30 bits per heavy atom. The molecule has 2 aliphatic rings. The van der Waals surface area contributed by atoms with Crippen LogP contribution < -0.4 is 19.7 Å². The minimum atomic E-state index is -0.366. The molecule has 0 amide bonds. The van der Waals surface area contributed by atoms with E-state index in [2.05, 4.69) is 45.7 Å². The molecule has 0 saturated carbocycles. The summed E-state index contributed by atoms with van der Waals surface area (Å²) in [7, 11) is 0. The van der Waals surface area contributed by atoms with Crippen LogP contribution in [0.5, 0.6) is 11.5 Å². The molecule has 8 nitrogen and oxygen atoms in total. The minimum Gasteiger partial charge on any atom is -0.491 e. The molecule has 208 valence electrons. The average Bonchev–Trinajstić information content (AvgIpc) is 3.09. The van der Waals surface area contributed by atoms with Crippen molar-refractivity contribution in [1.29, 1.82) is 0 Å². The van der Waals surface area contributed by atoms with E-state index in [1.54, 1.807) is 17.4 Å². The summed E-state index contributed by atoms with van der Waals surface area (Å²) in [5, 5.41) is 9.54. The maximum Gasteiger partial charge on any atom is 0.163 e. The van der Waals surface area contributed by atoms with Gasteiger partial charge in [0, 0.05) is 49.3 Å². The summed E-state index contributed by atoms with van der Waals surface area (Å²) >= 11 is 0. The Balaban J connectivity index is 1.43. The Hall–Kier alpha value is -4.40. The summed E-state index contributed by atoms with van der Waals surface area (Å²) in [4.78, 5) is 10.9. The number of hydrogen-bond donors (Lipinski definition) is 1. The van der Waals surface area contributed by atoms with E-state index in [1.165, 1.54) is 6.33 Å². The van der Waals surface area contributed by atoms with Gasteiger partial charge in [0.05, 0.1) is 23.2 Å². The summed E-state index contributed by atoms with van der Waals surface area (Å²) in [5.41, 5.74) is 3.35. The fraction of sp³-hybridized carbons (Fsp3) is 0.323. The first-order valence-electron chi connectivity index (χ1n) is 13.6. The topological polar surface area (TPSA) is 75.1 Å². The number of benzene rings is 2. The lowest BCUT2D eigenvalue weighted by Crippen LogP contribution is -2.30. The van der Waals surface area contributed by atoms with Crippen LogP contribution >= 0.6 is 0 Å². The Kier molecular flexibility index (Phi) is 8.00. The van der Waals surface area contributed by atoms with Crippen molar-refractivity contribution in [3.8, 4) is 11.5 Å². The number of anilines is 3. The van der Waals surface area contributed by atoms with Crippen LogP contribution in [0.4, 0.5) is 21.6 Å². The maximum atomic E-state index is 16.3. The Labute approximate surface area is 234 Å². The Morgan fingerprint density at radius 2 is 2.15 bits per heavy atom. The largest absolute Gasteiger partial charge is 0.491 e. The van der Waals surface area contributed by atoms with E-state index in [-0.39, 0.29) is 11.7 Å². The second-order valence-electron chi connectivity index (χ2n) is 10.1. The normalized spacial score (nSPS) is 17.1. The van der Waals surface area contributed by atoms with Gasteiger partial charge in [0.25, 0.3) is 0 Å². The SMILES string of the molecule is C=C1C=C(Oc2ccc(Nc3ncnc4cc5c(c(F)c34)N(CCCC)CC(C)CO5)cc2C)C=CN1/N=C\C. The molecule has 0 radical (unpaired) electrons. The number of halogens is 1. The van der Waals surface area contributed by atoms with E-state index in [9.17, 15) is 0 Å². The van der Waals surface area contributed by atoms with Crippen molar-refractivity contribution >= 4 is 34.3 Å². The Bertz CT molecular complexity index is 1520. The van der Waals surface area contributed by atoms with Crippen molar-refractivity contribution in [3.05, 3.63) is 78.4 Å². The third-order valence-corrected chi connectivity index (χ3v) is 6.85. The molecule has 0 bridgehead atoms. The van der Waals surface area contributed by atoms with Gasteiger partial charge in [-0.3, -0.25) is 0 Å². The number of aromatic nitrogens is 2. The zero-order valence-corrected chi connectivity index (χ0v) is 23.4. The van der Waals surface area contributed by atoms with Gasteiger partial charge in [0.15, 0.2) is 5.82 Å². The van der Waals surface area contributed by atoms with E-state index in [1.807, 2.05) is 50.3 Å². The van der Waals surface area contributed by atoms with Crippen molar-refractivity contribution in [3.63, 3.8) is 0 Å². The van der Waals surface area contributed by atoms with Gasteiger partial charge in [0.2, 0.25) is 0 Å². The van der Waals surface area contributed by atoms with E-state index < -0.39 is 0 Å². The zero-order valence-electron chi connectivity index (χ0n) is 23.4. The highest BCUT2D eigenvalue weighted by molar-refractivity contribution is 5.96. The predicted octanol–water partition coefficient (Wildman–Crippen LogP) is 7.07. The second-order valence-corrected chi connectivity index (χ2v) is 10.1. The third-order valence-electron chi connectivity index (χ3n) is 6.85. The number of ether oxygens (including phenoxy) is 2. The van der Waals surface area contributed by atoms with Crippen LogP contribution in [0.15, 0.2) is 72.1 Å². The predicted molar refractivity (Wildman–Crippen MR) is 159 cm³/mol. The van der Waals surface area contributed by atoms with Gasteiger partial charge in [-0.15, -0.1) is 0 Å². The standard InChI is InChI=1S/C31H35FN6O2/c1-6-8-12-37-17-20(3)18-39-27-16-25-28(29(32)30(27)37)31(34-19-33-25)36-23-9-10-26(21(4)14-23)40-24-11-13-38(35-7-2)22(5)15-24/h7,9-11,13-16,19-20H,5-6,8,12,17-18H2,1-4H3,(H,33,34,36)/b35-7-. The first kappa shape index (κ1) is 27.2. The van der Waals surface area contributed by atoms with Crippen molar-refractivity contribution in [2.24, 2.45) is 11.0 Å². The molecule has 0 spiro atoms. The Morgan fingerprint density at radius 3 is 2.90 bits per heavy atom. The first-order chi connectivity index (χ1) is 19.4. The summed E-state index contributed by atoms with van der Waals surface area (Å²) < 4.78 is 28.5. The highest BCUT2D eigenvalue weighted by Crippen LogP contribution is 2.41. The van der Waals surface area contributed by atoms with Crippen LogP contribution in [0.1, 0.15) is 39.2 Å². The summed E-state index contributed by atoms with van der Waals surface area (Å²) in [6.07, 6.45) is 10.6. The van der Waals surface area contributed by atoms with Crippen LogP contribution in [0, 0.1) is 18.7 Å². The number of hydrogen-bond acceptors (Lipinski definition) is 8. The number of aryl methyl sites for hydroxylation is 1. The number of allylic oxidation sites excluding steroid dienone is 2. The molecule has 5 rings (SSSR count). The molecule has 0 saturated heterocycles. The summed E-state index contributed by atoms with van der Waals surface area (Å²) in [5.74, 6) is 2.20. The monoisotopic (exact) mass is 542 g/mol. The molecular weight excluding hydrogens is 507 g/mol. The van der Waals surface area contributed by atoms with Crippen LogP contribution in [0.25, 0.3) is 10.9 Å². The van der Waals surface area contributed by atoms with Crippen molar-refractivity contribution in [2.75, 3.05) is 29.9 Å². The molecule has 1 unspecified atom stereocenters. The van der Waals surface area contributed by atoms with E-state index >= 15 is 4.39 Å². The minimum absolute atomic E-state index is 0.279. The van der Waals surface area contributed by atoms with Crippen molar-refractivity contribution in [2.45, 2.75) is 40.5 Å². The first-order valence-corrected chi connectivity index (χ1v) is 13.6. The number of nitrogens with one attached hydrogen (secondary N) is 1. The fourth-order valence-electron chi connectivity index (χ4n) is 4.87. The molecule has 9 heteroatoms. The highest BCUT2D eigenvalue weighted by Gasteiger charge is 2.27. The lowest BCUT2D eigenvalue weighted by Gasteiger charge is -2.26. The quantitative estimate of drug-likeness (QED) is 0.305. The maximum absolute atomic E-state index is 16.3. The molecule has 1 N–H and O–H groups in total. The molecule has 0 aliphatic carbocycles. The van der Waals surface area contributed by atoms with Gasteiger partial charge in [0.1, 0.15) is 35.1 Å². The van der Waals surface area contributed by atoms with Crippen LogP contribution in [-0.4, -0.2) is 40.9 Å². The van der Waals surface area contributed by atoms with Crippen molar-refractivity contribution < 1.29 is 13.9 Å². The fourth-order valence-corrected chi connectivity index (χ4v) is 4.87. The molecule has 1 atom stereocenters. The molecule has 0 fully saturated rings. The molecule has 40 heavy (non-hydrogen) atoms. The number of hydrazone groups is 1. The van der Waals surface area contributed by atoms with E-state index in [0.717, 1.165) is 37.2 Å². The highest BCUT2D eigenvalue weighted by atomic mass is 19.1. The lowest BCUT2D eigenvalue weighted by atomic mass is 10.1. The number of fused-ring (bicyclic) bond motifs is 2. The molecule has 2 aliphatic heterocycles. The average molecular weight is 543 g/mol. The van der Waals surface area contributed by atoms with Gasteiger partial charge in [-0.1, -0.05) is 26.8 Å². The molecular formula is C31H35FN6O2. The van der Waals surface area contributed by atoms with E-state index in [0.29, 0.717) is 52.0 Å². The third kappa shape index (κ3) is 5.64. The smallest absolute Gasteiger partial charge is 0.163 e. The summed E-state index contributed by atoms with van der Waals surface area (Å²) in [6, 6.07) is 7.52. The van der Waals surface area contributed by atoms with Gasteiger partial charge >= 0.3 is 0 Å². The number of nitrogens with zero attached hydrogens (tertiary/aromatic N) is 5. The van der Waals surface area contributed by atoms with Crippen LogP contribution in [0.3, 0.4) is 0 Å². The molecule has 3 heterocycles. The summed E-state index contributed by atoms with van der Waals surface area (Å²) in [6.45, 7) is 14.1. The molecule has 2 aromatic carbocycles. The lowest BCUT2D eigenvalue weighted by molar-refractivity contribution is 0.273. The van der Waals surface area contributed by atoms with Gasteiger partial charge in [-0.2, -0.15) is 5.10 Å². The van der Waals surface area contributed by atoms with Crippen molar-refractivity contribution in [1.82, 2.24) is 15.0 Å². The van der Waals surface area contributed by atoms with Gasteiger partial charge < -0.3 is 19.7 Å². The van der Waals surface area contributed by atoms with Gasteiger partial charge in [-0.25, -0.2) is 19.4 Å². The molecule has 1 aromatic heterocycles. The van der Waals surface area contributed by atoms with Crippen LogP contribution in [0.2, 0.25) is 0 Å². The number of unbranched alkanes of at least 4 members (excludes halogenated alkanes) is 1. The van der Waals surface area contributed by atoms with Crippen LogP contribution in [-0.2, 0) is 0 Å². The number of rotatable bonds is 8. The van der Waals surface area contributed by atoms with Gasteiger partial charge in [-0.05, 0) is 50.1 Å².